The summed E-state index contributed by atoms with van der Waals surface area (Å²) >= 11 is 0. The van der Waals surface area contributed by atoms with Crippen LogP contribution in [0.4, 0.5) is 4.39 Å². The number of rotatable bonds is 16. The van der Waals surface area contributed by atoms with E-state index in [0.29, 0.717) is 12.1 Å². The van der Waals surface area contributed by atoms with Crippen LogP contribution >= 0.6 is 0 Å². The quantitative estimate of drug-likeness (QED) is 0.167. The first-order valence-corrected chi connectivity index (χ1v) is 16.9. The van der Waals surface area contributed by atoms with Crippen molar-refractivity contribution in [3.63, 3.8) is 0 Å². The second-order valence-corrected chi connectivity index (χ2v) is 13.7. The lowest BCUT2D eigenvalue weighted by molar-refractivity contribution is -0.140. The highest BCUT2D eigenvalue weighted by molar-refractivity contribution is 6.12. The van der Waals surface area contributed by atoms with Gasteiger partial charge in [0.2, 0.25) is 17.7 Å². The Morgan fingerprint density at radius 2 is 1.65 bits per heavy atom. The fourth-order valence-corrected chi connectivity index (χ4v) is 6.23. The first-order chi connectivity index (χ1) is 24.2. The molecule has 0 saturated heterocycles. The zero-order valence-electron chi connectivity index (χ0n) is 29.5. The Labute approximate surface area is 297 Å². The topological polar surface area (TPSA) is 167 Å². The van der Waals surface area contributed by atoms with Crippen LogP contribution < -0.4 is 16.4 Å². The number of hydrogen-bond donors (Lipinski definition) is 4. The molecule has 51 heavy (non-hydrogen) atoms. The summed E-state index contributed by atoms with van der Waals surface area (Å²) in [5.74, 6) is -2.73. The number of carbonyl (C=O) groups excluding carboxylic acids is 5. The molecular weight excluding hydrogens is 655 g/mol. The molecule has 0 saturated carbocycles. The Morgan fingerprint density at radius 3 is 2.27 bits per heavy atom. The second-order valence-electron chi connectivity index (χ2n) is 13.7. The summed E-state index contributed by atoms with van der Waals surface area (Å²) in [7, 11) is 0. The lowest BCUT2D eigenvalue weighted by Gasteiger charge is -2.42. The van der Waals surface area contributed by atoms with Crippen LogP contribution in [0.5, 0.6) is 0 Å². The van der Waals surface area contributed by atoms with Crippen molar-refractivity contribution in [3.05, 3.63) is 95.6 Å². The van der Waals surface area contributed by atoms with E-state index in [9.17, 15) is 33.5 Å². The highest BCUT2D eigenvalue weighted by Crippen LogP contribution is 2.41. The predicted octanol–water partition coefficient (Wildman–Crippen LogP) is 2.82. The Balaban J connectivity index is 1.55. The third kappa shape index (κ3) is 10.2. The maximum Gasteiger partial charge on any atom is 0.253 e. The highest BCUT2D eigenvalue weighted by atomic mass is 19.1. The maximum atomic E-state index is 14.5. The van der Waals surface area contributed by atoms with Crippen LogP contribution in [0.25, 0.3) is 11.1 Å². The van der Waals surface area contributed by atoms with Gasteiger partial charge in [-0.15, -0.1) is 0 Å². The zero-order valence-corrected chi connectivity index (χ0v) is 29.5. The van der Waals surface area contributed by atoms with Gasteiger partial charge in [0.05, 0.1) is 12.1 Å². The van der Waals surface area contributed by atoms with Crippen molar-refractivity contribution in [1.29, 1.82) is 0 Å². The molecule has 3 aromatic rings. The van der Waals surface area contributed by atoms with Gasteiger partial charge in [-0.1, -0.05) is 57.2 Å². The van der Waals surface area contributed by atoms with Crippen molar-refractivity contribution in [3.8, 4) is 11.1 Å². The number of nitrogens with one attached hydrogen (secondary N) is 2. The van der Waals surface area contributed by atoms with Crippen molar-refractivity contribution >= 4 is 29.5 Å². The van der Waals surface area contributed by atoms with Gasteiger partial charge in [0.15, 0.2) is 0 Å². The molecule has 4 rings (SSSR count). The number of aromatic nitrogens is 1. The molecule has 2 aromatic carbocycles. The fourth-order valence-electron chi connectivity index (χ4n) is 6.23. The van der Waals surface area contributed by atoms with Crippen LogP contribution in [0, 0.1) is 18.2 Å². The Morgan fingerprint density at radius 1 is 0.980 bits per heavy atom. The molecular formula is C38H47FN6O6. The minimum absolute atomic E-state index is 0.0135. The van der Waals surface area contributed by atoms with Crippen molar-refractivity contribution in [1.82, 2.24) is 25.0 Å². The molecule has 272 valence electrons. The van der Waals surface area contributed by atoms with E-state index in [1.165, 1.54) is 17.0 Å². The van der Waals surface area contributed by atoms with Gasteiger partial charge in [-0.2, -0.15) is 0 Å². The maximum absolute atomic E-state index is 14.5. The summed E-state index contributed by atoms with van der Waals surface area (Å²) in [6, 6.07) is 15.0. The van der Waals surface area contributed by atoms with Gasteiger partial charge in [0.1, 0.15) is 12.4 Å². The monoisotopic (exact) mass is 702 g/mol. The number of aliphatic hydroxyl groups is 1. The van der Waals surface area contributed by atoms with Crippen LogP contribution in [0.2, 0.25) is 0 Å². The molecule has 13 heteroatoms. The zero-order chi connectivity index (χ0) is 37.3. The van der Waals surface area contributed by atoms with Crippen LogP contribution in [-0.4, -0.2) is 87.8 Å². The molecule has 5 N–H and O–H groups in total. The Bertz CT molecular complexity index is 1750. The molecule has 0 aliphatic carbocycles. The molecule has 0 spiro atoms. The summed E-state index contributed by atoms with van der Waals surface area (Å²) in [4.78, 5) is 64.8. The van der Waals surface area contributed by atoms with Gasteiger partial charge < -0.3 is 30.9 Å². The van der Waals surface area contributed by atoms with Crippen LogP contribution in [0.3, 0.4) is 0 Å². The van der Waals surface area contributed by atoms with Gasteiger partial charge in [-0.25, -0.2) is 4.39 Å². The minimum atomic E-state index is -0.780. The molecule has 2 unspecified atom stereocenters. The van der Waals surface area contributed by atoms with Gasteiger partial charge in [0.25, 0.3) is 11.8 Å². The lowest BCUT2D eigenvalue weighted by Crippen LogP contribution is -2.53. The third-order valence-corrected chi connectivity index (χ3v) is 8.71. The van der Waals surface area contributed by atoms with E-state index >= 15 is 0 Å². The summed E-state index contributed by atoms with van der Waals surface area (Å²) in [5, 5.41) is 15.6. The van der Waals surface area contributed by atoms with Gasteiger partial charge >= 0.3 is 0 Å². The van der Waals surface area contributed by atoms with E-state index in [1.54, 1.807) is 6.07 Å². The van der Waals surface area contributed by atoms with Crippen molar-refractivity contribution < 1.29 is 33.5 Å². The van der Waals surface area contributed by atoms with Gasteiger partial charge in [0, 0.05) is 75.2 Å². The van der Waals surface area contributed by atoms with Gasteiger partial charge in [-0.3, -0.25) is 28.9 Å². The molecule has 1 aliphatic heterocycles. The Hall–Kier alpha value is -5.14. The minimum Gasteiger partial charge on any atom is -0.387 e. The SMILES string of the molecule is Cc1ccc(F)cc1-c1cc(C(N(CC(CN)NC(=O)CCC(=O)NCCN2C(=O)C=CC2=O)C(=O)CO)C(C)(C)C)n(Cc2ccccc2)c1. The number of aryl methyl sites for hydroxylation is 1. The second kappa shape index (κ2) is 17.2. The number of halogens is 1. The lowest BCUT2D eigenvalue weighted by atomic mass is 9.82. The molecule has 12 nitrogen and oxygen atoms in total. The summed E-state index contributed by atoms with van der Waals surface area (Å²) < 4.78 is 16.5. The van der Waals surface area contributed by atoms with E-state index in [4.69, 9.17) is 5.73 Å². The molecule has 1 aromatic heterocycles. The molecule has 0 bridgehead atoms. The predicted molar refractivity (Wildman–Crippen MR) is 190 cm³/mol. The first-order valence-electron chi connectivity index (χ1n) is 16.9. The molecule has 5 amide bonds. The van der Waals surface area contributed by atoms with E-state index in [-0.39, 0.29) is 44.8 Å². The molecule has 2 heterocycles. The van der Waals surface area contributed by atoms with E-state index in [0.717, 1.165) is 39.4 Å². The van der Waals surface area contributed by atoms with Crippen LogP contribution in [-0.2, 0) is 30.5 Å². The van der Waals surface area contributed by atoms with Crippen molar-refractivity contribution in [2.24, 2.45) is 11.1 Å². The molecule has 2 atom stereocenters. The fraction of sp³-hybridized carbons (Fsp3) is 0.395. The van der Waals surface area contributed by atoms with Crippen LogP contribution in [0.1, 0.15) is 56.5 Å². The van der Waals surface area contributed by atoms with E-state index < -0.39 is 53.6 Å². The summed E-state index contributed by atoms with van der Waals surface area (Å²) in [5.41, 5.74) is 9.63. The van der Waals surface area contributed by atoms with E-state index in [2.05, 4.69) is 10.6 Å². The third-order valence-electron chi connectivity index (χ3n) is 8.71. The number of aliphatic hydroxyl groups excluding tert-OH is 1. The standard InChI is InChI=1S/C38H47FN6O6/c1-25-10-11-28(39)19-30(25)27-18-31(43(22-27)21-26-8-6-5-7-9-26)37(38(2,3)4)45(36(51)24-46)23-29(20-40)42-33(48)13-12-32(47)41-16-17-44-34(49)14-15-35(44)50/h5-11,14-15,18-19,22,29,37,46H,12-13,16-17,20-21,23-24,40H2,1-4H3,(H,41,47)(H,42,48). The molecule has 0 fully saturated rings. The number of nitrogens with two attached hydrogens (primary N) is 1. The van der Waals surface area contributed by atoms with Crippen molar-refractivity contribution in [2.75, 3.05) is 32.8 Å². The number of carbonyl (C=O) groups is 5. The number of hydrogen-bond acceptors (Lipinski definition) is 7. The average molecular weight is 703 g/mol. The van der Waals surface area contributed by atoms with Gasteiger partial charge in [-0.05, 0) is 47.2 Å². The van der Waals surface area contributed by atoms with Crippen molar-refractivity contribution in [2.45, 2.75) is 59.2 Å². The largest absolute Gasteiger partial charge is 0.387 e. The Kier molecular flexibility index (Phi) is 13.0. The number of benzene rings is 2. The first kappa shape index (κ1) is 38.7. The number of imide groups is 1. The number of amides is 5. The number of nitrogens with zero attached hydrogens (tertiary/aromatic N) is 3. The smallest absolute Gasteiger partial charge is 0.253 e. The van der Waals surface area contributed by atoms with Crippen LogP contribution in [0.15, 0.2) is 72.9 Å². The summed E-state index contributed by atoms with van der Waals surface area (Å²) in [6.07, 6.45) is 3.94. The molecule has 1 aliphatic rings. The van der Waals surface area contributed by atoms with E-state index in [1.807, 2.05) is 74.9 Å². The normalized spacial score (nSPS) is 14.1. The molecule has 0 radical (unpaired) electrons. The highest BCUT2D eigenvalue weighted by Gasteiger charge is 2.38. The average Bonchev–Trinajstić information content (AvgIpc) is 3.64. The summed E-state index contributed by atoms with van der Waals surface area (Å²) in [6.45, 7) is 7.50.